The Bertz CT molecular complexity index is 592. The molecule has 0 aromatic carbocycles. The molecule has 1 aliphatic heterocycles. The third kappa shape index (κ3) is 3.63. The summed E-state index contributed by atoms with van der Waals surface area (Å²) in [6.07, 6.45) is 3.62. The van der Waals surface area contributed by atoms with Gasteiger partial charge in [0.2, 0.25) is 5.91 Å². The van der Waals surface area contributed by atoms with Crippen molar-refractivity contribution in [1.82, 2.24) is 14.9 Å². The molecule has 2 heterocycles. The van der Waals surface area contributed by atoms with Gasteiger partial charge in [-0.1, -0.05) is 11.6 Å². The van der Waals surface area contributed by atoms with E-state index in [0.29, 0.717) is 19.0 Å². The number of ether oxygens (including phenoxy) is 1. The monoisotopic (exact) mass is 311 g/mol. The Morgan fingerprint density at radius 1 is 1.38 bits per heavy atom. The van der Waals surface area contributed by atoms with Crippen LogP contribution in [0, 0.1) is 0 Å². The fraction of sp³-hybridized carbons (Fsp3) is 0.643. The molecule has 7 heteroatoms. The number of amides is 1. The average molecular weight is 312 g/mol. The summed E-state index contributed by atoms with van der Waals surface area (Å²) in [4.78, 5) is 28.4. The van der Waals surface area contributed by atoms with E-state index in [1.54, 1.807) is 0 Å². The van der Waals surface area contributed by atoms with Gasteiger partial charge in [0.1, 0.15) is 17.5 Å². The molecule has 2 fully saturated rings. The number of rotatable bonds is 4. The zero-order valence-electron chi connectivity index (χ0n) is 11.7. The Labute approximate surface area is 127 Å². The Morgan fingerprint density at radius 2 is 2.10 bits per heavy atom. The quantitative estimate of drug-likeness (QED) is 0.844. The van der Waals surface area contributed by atoms with Gasteiger partial charge in [-0.2, -0.15) is 0 Å². The maximum atomic E-state index is 12.1. The lowest BCUT2D eigenvalue weighted by Gasteiger charge is -2.23. The van der Waals surface area contributed by atoms with Crippen molar-refractivity contribution in [2.24, 2.45) is 0 Å². The van der Waals surface area contributed by atoms with Crippen LogP contribution in [0.15, 0.2) is 10.9 Å². The molecule has 1 amide bonds. The van der Waals surface area contributed by atoms with Crippen molar-refractivity contribution in [3.05, 3.63) is 27.4 Å². The van der Waals surface area contributed by atoms with Gasteiger partial charge < -0.3 is 10.1 Å². The summed E-state index contributed by atoms with van der Waals surface area (Å²) in [6, 6.07) is 1.39. The van der Waals surface area contributed by atoms with Crippen LogP contribution in [-0.2, 0) is 16.1 Å². The molecule has 21 heavy (non-hydrogen) atoms. The van der Waals surface area contributed by atoms with E-state index in [0.717, 1.165) is 25.7 Å². The highest BCUT2D eigenvalue weighted by atomic mass is 35.5. The maximum absolute atomic E-state index is 12.1. The third-order valence-electron chi connectivity index (χ3n) is 3.84. The first-order valence-corrected chi connectivity index (χ1v) is 7.65. The summed E-state index contributed by atoms with van der Waals surface area (Å²) in [5, 5.41) is 3.15. The smallest absolute Gasteiger partial charge is 0.255 e. The Kier molecular flexibility index (Phi) is 4.26. The fourth-order valence-corrected chi connectivity index (χ4v) is 2.75. The third-order valence-corrected chi connectivity index (χ3v) is 4.03. The van der Waals surface area contributed by atoms with Crippen LogP contribution in [-0.4, -0.2) is 34.7 Å². The molecule has 2 aliphatic rings. The number of halogens is 1. The van der Waals surface area contributed by atoms with Crippen LogP contribution >= 0.6 is 11.6 Å². The van der Waals surface area contributed by atoms with Gasteiger partial charge in [-0.3, -0.25) is 14.2 Å². The van der Waals surface area contributed by atoms with E-state index < -0.39 is 0 Å². The predicted molar refractivity (Wildman–Crippen MR) is 77.5 cm³/mol. The molecule has 0 bridgehead atoms. The molecule has 1 aliphatic carbocycles. The highest BCUT2D eigenvalue weighted by Crippen LogP contribution is 2.38. The molecular formula is C14H18ClN3O3. The van der Waals surface area contributed by atoms with Crippen LogP contribution in [0.25, 0.3) is 0 Å². The Balaban J connectivity index is 1.71. The summed E-state index contributed by atoms with van der Waals surface area (Å²) < 4.78 is 6.70. The number of carbonyl (C=O) groups is 1. The zero-order chi connectivity index (χ0) is 14.8. The van der Waals surface area contributed by atoms with Gasteiger partial charge in [0.15, 0.2) is 0 Å². The number of aromatic nitrogens is 2. The van der Waals surface area contributed by atoms with Gasteiger partial charge in [-0.05, 0) is 25.7 Å². The second-order valence-corrected chi connectivity index (χ2v) is 5.98. The van der Waals surface area contributed by atoms with Gasteiger partial charge in [-0.25, -0.2) is 4.98 Å². The fourth-order valence-electron chi connectivity index (χ4n) is 2.57. The lowest BCUT2D eigenvalue weighted by molar-refractivity contribution is -0.123. The zero-order valence-corrected chi connectivity index (χ0v) is 12.4. The molecule has 0 atom stereocenters. The first-order valence-electron chi connectivity index (χ1n) is 7.28. The van der Waals surface area contributed by atoms with Gasteiger partial charge in [0.05, 0.1) is 0 Å². The van der Waals surface area contributed by atoms with Crippen molar-refractivity contribution in [2.45, 2.75) is 44.2 Å². The summed E-state index contributed by atoms with van der Waals surface area (Å²) in [6.45, 7) is 1.34. The summed E-state index contributed by atoms with van der Waals surface area (Å²) in [5.41, 5.74) is -0.265. The molecule has 1 aromatic heterocycles. The Morgan fingerprint density at radius 3 is 2.76 bits per heavy atom. The van der Waals surface area contributed by atoms with Crippen LogP contribution in [0.5, 0.6) is 0 Å². The van der Waals surface area contributed by atoms with Crippen molar-refractivity contribution in [1.29, 1.82) is 0 Å². The first kappa shape index (κ1) is 14.5. The van der Waals surface area contributed by atoms with Gasteiger partial charge in [-0.15, -0.1) is 0 Å². The standard InChI is InChI=1S/C14H18ClN3O3/c15-11-7-13(20)18(14(17-11)9-1-2-9)8-12(19)16-10-3-5-21-6-4-10/h7,9-10H,1-6,8H2,(H,16,19). The number of hydrogen-bond donors (Lipinski definition) is 1. The van der Waals surface area contributed by atoms with Gasteiger partial charge >= 0.3 is 0 Å². The van der Waals surface area contributed by atoms with Crippen LogP contribution in [0.1, 0.15) is 37.4 Å². The minimum Gasteiger partial charge on any atom is -0.381 e. The second-order valence-electron chi connectivity index (χ2n) is 5.59. The molecule has 6 nitrogen and oxygen atoms in total. The molecule has 0 radical (unpaired) electrons. The normalized spacial score (nSPS) is 19.5. The maximum Gasteiger partial charge on any atom is 0.255 e. The van der Waals surface area contributed by atoms with E-state index in [2.05, 4.69) is 10.3 Å². The van der Waals surface area contributed by atoms with Gasteiger partial charge in [0.25, 0.3) is 5.56 Å². The minimum absolute atomic E-state index is 0.00614. The summed E-state index contributed by atoms with van der Waals surface area (Å²) in [5.74, 6) is 0.733. The highest BCUT2D eigenvalue weighted by molar-refractivity contribution is 6.29. The number of hydrogen-bond acceptors (Lipinski definition) is 4. The van der Waals surface area contributed by atoms with E-state index >= 15 is 0 Å². The molecule has 1 N–H and O–H groups in total. The van der Waals surface area contributed by atoms with Crippen LogP contribution < -0.4 is 10.9 Å². The SMILES string of the molecule is O=C(Cn1c(C2CC2)nc(Cl)cc1=O)NC1CCOCC1. The van der Waals surface area contributed by atoms with E-state index in [-0.39, 0.29) is 35.1 Å². The molecule has 1 aromatic rings. The Hall–Kier alpha value is -1.40. The van der Waals surface area contributed by atoms with Gasteiger partial charge in [0, 0.05) is 31.2 Å². The van der Waals surface area contributed by atoms with Crippen molar-refractivity contribution < 1.29 is 9.53 Å². The van der Waals surface area contributed by atoms with Crippen LogP contribution in [0.4, 0.5) is 0 Å². The topological polar surface area (TPSA) is 73.2 Å². The summed E-state index contributed by atoms with van der Waals surface area (Å²) in [7, 11) is 0. The minimum atomic E-state index is -0.265. The molecular weight excluding hydrogens is 294 g/mol. The summed E-state index contributed by atoms with van der Waals surface area (Å²) >= 11 is 5.85. The van der Waals surface area contributed by atoms with Crippen molar-refractivity contribution in [3.8, 4) is 0 Å². The molecule has 3 rings (SSSR count). The molecule has 1 saturated carbocycles. The van der Waals surface area contributed by atoms with Crippen molar-refractivity contribution in [3.63, 3.8) is 0 Å². The molecule has 114 valence electrons. The van der Waals surface area contributed by atoms with Crippen molar-refractivity contribution >= 4 is 17.5 Å². The van der Waals surface area contributed by atoms with E-state index in [1.807, 2.05) is 0 Å². The average Bonchev–Trinajstić information content (AvgIpc) is 3.27. The first-order chi connectivity index (χ1) is 10.1. The van der Waals surface area contributed by atoms with E-state index in [9.17, 15) is 9.59 Å². The molecule has 0 spiro atoms. The number of carbonyl (C=O) groups excluding carboxylic acids is 1. The lowest BCUT2D eigenvalue weighted by atomic mass is 10.1. The van der Waals surface area contributed by atoms with E-state index in [1.165, 1.54) is 10.6 Å². The second kappa shape index (κ2) is 6.15. The lowest BCUT2D eigenvalue weighted by Crippen LogP contribution is -2.42. The largest absolute Gasteiger partial charge is 0.381 e. The van der Waals surface area contributed by atoms with Crippen LogP contribution in [0.3, 0.4) is 0 Å². The highest BCUT2D eigenvalue weighted by Gasteiger charge is 2.29. The number of nitrogens with zero attached hydrogens (tertiary/aromatic N) is 2. The molecule has 1 saturated heterocycles. The number of nitrogens with one attached hydrogen (secondary N) is 1. The predicted octanol–water partition coefficient (Wildman–Crippen LogP) is 1.07. The van der Waals surface area contributed by atoms with Crippen molar-refractivity contribution in [2.75, 3.05) is 13.2 Å². The molecule has 0 unspecified atom stereocenters. The van der Waals surface area contributed by atoms with E-state index in [4.69, 9.17) is 16.3 Å². The van der Waals surface area contributed by atoms with Crippen LogP contribution in [0.2, 0.25) is 5.15 Å².